The Morgan fingerprint density at radius 1 is 1.03 bits per heavy atom. The molecule has 0 aliphatic rings. The minimum absolute atomic E-state index is 0.0278. The second-order valence-electron chi connectivity index (χ2n) is 6.06. The second kappa shape index (κ2) is 9.87. The molecule has 0 bridgehead atoms. The molecule has 0 radical (unpaired) electrons. The molecule has 0 saturated heterocycles. The number of carbonyl (C=O) groups excluding carboxylic acids is 2. The number of esters is 1. The highest BCUT2D eigenvalue weighted by atomic mass is 16.6. The average Bonchev–Trinajstić information content (AvgIpc) is 2.71. The quantitative estimate of drug-likeness (QED) is 0.289. The number of amides is 1. The molecular weight excluding hydrogens is 398 g/mol. The van der Waals surface area contributed by atoms with E-state index >= 15 is 0 Å². The maximum Gasteiger partial charge on any atom is 0.434 e. The molecule has 0 unspecified atom stereocenters. The van der Waals surface area contributed by atoms with Crippen molar-refractivity contribution in [2.75, 3.05) is 7.11 Å². The highest BCUT2D eigenvalue weighted by molar-refractivity contribution is 6.38. The van der Waals surface area contributed by atoms with Crippen molar-refractivity contribution in [1.29, 1.82) is 0 Å². The number of nitrogens with zero attached hydrogens (tertiary/aromatic N) is 3. The van der Waals surface area contributed by atoms with E-state index in [9.17, 15) is 29.8 Å². The predicted octanol–water partition coefficient (Wildman–Crippen LogP) is 3.30. The summed E-state index contributed by atoms with van der Waals surface area (Å²) >= 11 is 0. The normalized spacial score (nSPS) is 10.9. The second-order valence-corrected chi connectivity index (χ2v) is 6.06. The molecule has 156 valence electrons. The van der Waals surface area contributed by atoms with Gasteiger partial charge in [-0.25, -0.2) is 9.59 Å². The highest BCUT2D eigenvalue weighted by Gasteiger charge is 2.28. The Labute approximate surface area is 170 Å². The molecule has 30 heavy (non-hydrogen) atoms. The zero-order valence-electron chi connectivity index (χ0n) is 16.1. The molecule has 0 N–H and O–H groups in total. The number of hydrogen-bond acceptors (Lipinski definition) is 8. The third-order valence-electron chi connectivity index (χ3n) is 3.94. The molecule has 0 fully saturated rings. The standard InChI is InChI=1S/C19H17N3O8/c1-12-8-14(10-16(21(25)26)17(12)22(27)28)9-15(18(23)29-2)20-19(24)30-11-13-6-4-3-5-7-13/h3-8,10H,9,11H2,1-2H3. The van der Waals surface area contributed by atoms with E-state index in [1.54, 1.807) is 30.3 Å². The Morgan fingerprint density at radius 2 is 1.70 bits per heavy atom. The van der Waals surface area contributed by atoms with Crippen LogP contribution in [0.3, 0.4) is 0 Å². The van der Waals surface area contributed by atoms with Crippen LogP contribution in [0.5, 0.6) is 0 Å². The predicted molar refractivity (Wildman–Crippen MR) is 104 cm³/mol. The third kappa shape index (κ3) is 5.67. The van der Waals surface area contributed by atoms with Crippen LogP contribution in [-0.4, -0.2) is 34.7 Å². The summed E-state index contributed by atoms with van der Waals surface area (Å²) in [5.74, 6) is -0.940. The number of aliphatic imine (C=N–C) groups is 1. The van der Waals surface area contributed by atoms with Gasteiger partial charge in [-0.3, -0.25) is 20.2 Å². The topological polar surface area (TPSA) is 151 Å². The summed E-state index contributed by atoms with van der Waals surface area (Å²) in [6.45, 7) is 1.26. The molecule has 2 aromatic carbocycles. The van der Waals surface area contributed by atoms with Crippen molar-refractivity contribution in [2.24, 2.45) is 4.99 Å². The molecule has 0 heterocycles. The van der Waals surface area contributed by atoms with Crippen LogP contribution in [0.15, 0.2) is 47.5 Å². The van der Waals surface area contributed by atoms with E-state index in [1.165, 1.54) is 13.0 Å². The van der Waals surface area contributed by atoms with Gasteiger partial charge in [0.15, 0.2) is 0 Å². The van der Waals surface area contributed by atoms with Crippen LogP contribution in [-0.2, 0) is 27.3 Å². The fourth-order valence-corrected chi connectivity index (χ4v) is 2.64. The molecule has 2 aromatic rings. The number of rotatable bonds is 7. The van der Waals surface area contributed by atoms with E-state index in [2.05, 4.69) is 9.73 Å². The molecule has 0 saturated carbocycles. The summed E-state index contributed by atoms with van der Waals surface area (Å²) in [5, 5.41) is 22.3. The molecule has 2 rings (SSSR count). The number of nitro groups is 2. The van der Waals surface area contributed by atoms with E-state index in [0.717, 1.165) is 13.2 Å². The first-order valence-corrected chi connectivity index (χ1v) is 8.51. The monoisotopic (exact) mass is 415 g/mol. The van der Waals surface area contributed by atoms with E-state index in [0.29, 0.717) is 5.56 Å². The Bertz CT molecular complexity index is 1020. The highest BCUT2D eigenvalue weighted by Crippen LogP contribution is 2.32. The summed E-state index contributed by atoms with van der Waals surface area (Å²) in [6, 6.07) is 11.0. The molecule has 0 aliphatic carbocycles. The van der Waals surface area contributed by atoms with E-state index in [1.807, 2.05) is 0 Å². The Balaban J connectivity index is 2.29. The summed E-state index contributed by atoms with van der Waals surface area (Å²) in [7, 11) is 1.08. The van der Waals surface area contributed by atoms with Gasteiger partial charge in [-0.15, -0.1) is 0 Å². The lowest BCUT2D eigenvalue weighted by atomic mass is 10.0. The number of nitro benzene ring substituents is 2. The summed E-state index contributed by atoms with van der Waals surface area (Å²) < 4.78 is 9.59. The number of carbonyl (C=O) groups is 2. The van der Waals surface area contributed by atoms with Gasteiger partial charge in [-0.1, -0.05) is 30.3 Å². The molecule has 0 atom stereocenters. The molecule has 11 nitrogen and oxygen atoms in total. The first-order valence-electron chi connectivity index (χ1n) is 8.51. The van der Waals surface area contributed by atoms with Crippen LogP contribution in [0.2, 0.25) is 0 Å². The van der Waals surface area contributed by atoms with Crippen LogP contribution in [0.4, 0.5) is 16.2 Å². The van der Waals surface area contributed by atoms with Gasteiger partial charge in [0.05, 0.1) is 17.0 Å². The van der Waals surface area contributed by atoms with Crippen molar-refractivity contribution in [3.05, 3.63) is 79.4 Å². The SMILES string of the molecule is COC(=O)C(Cc1cc(C)c([N+](=O)[O-])c([N+](=O)[O-])c1)=NC(=O)OCc1ccccc1. The zero-order valence-corrected chi connectivity index (χ0v) is 16.1. The van der Waals surface area contributed by atoms with Gasteiger partial charge in [0.1, 0.15) is 12.3 Å². The number of methoxy groups -OCH3 is 1. The van der Waals surface area contributed by atoms with Crippen LogP contribution in [0.25, 0.3) is 0 Å². The molecular formula is C19H17N3O8. The van der Waals surface area contributed by atoms with Crippen LogP contribution >= 0.6 is 0 Å². The van der Waals surface area contributed by atoms with E-state index in [-0.39, 0.29) is 29.9 Å². The zero-order chi connectivity index (χ0) is 22.3. The van der Waals surface area contributed by atoms with Crippen molar-refractivity contribution in [1.82, 2.24) is 0 Å². The Morgan fingerprint density at radius 3 is 2.27 bits per heavy atom. The number of ether oxygens (including phenoxy) is 2. The lowest BCUT2D eigenvalue weighted by molar-refractivity contribution is -0.422. The Hall–Kier alpha value is -4.15. The third-order valence-corrected chi connectivity index (χ3v) is 3.94. The molecule has 0 spiro atoms. The van der Waals surface area contributed by atoms with Gasteiger partial charge < -0.3 is 9.47 Å². The first-order chi connectivity index (χ1) is 14.2. The number of hydrogen-bond donors (Lipinski definition) is 0. The molecule has 0 aromatic heterocycles. The van der Waals surface area contributed by atoms with Gasteiger partial charge in [-0.2, -0.15) is 4.99 Å². The van der Waals surface area contributed by atoms with Crippen molar-refractivity contribution in [3.8, 4) is 0 Å². The minimum atomic E-state index is -1.05. The first kappa shape index (κ1) is 22.1. The number of benzene rings is 2. The minimum Gasteiger partial charge on any atom is -0.465 e. The van der Waals surface area contributed by atoms with Crippen molar-refractivity contribution >= 4 is 29.1 Å². The summed E-state index contributed by atoms with van der Waals surface area (Å²) in [5.41, 5.74) is -0.835. The van der Waals surface area contributed by atoms with E-state index < -0.39 is 33.3 Å². The van der Waals surface area contributed by atoms with Crippen molar-refractivity contribution < 1.29 is 28.9 Å². The molecule has 11 heteroatoms. The maximum atomic E-state index is 12.0. The fraction of sp³-hybridized carbons (Fsp3) is 0.211. The fourth-order valence-electron chi connectivity index (χ4n) is 2.64. The van der Waals surface area contributed by atoms with Gasteiger partial charge in [-0.05, 0) is 24.1 Å². The smallest absolute Gasteiger partial charge is 0.434 e. The van der Waals surface area contributed by atoms with Gasteiger partial charge in [0.25, 0.3) is 0 Å². The summed E-state index contributed by atoms with van der Waals surface area (Å²) in [6.07, 6.45) is -1.38. The largest absolute Gasteiger partial charge is 0.465 e. The van der Waals surface area contributed by atoms with Crippen LogP contribution in [0, 0.1) is 27.2 Å². The van der Waals surface area contributed by atoms with Gasteiger partial charge in [0, 0.05) is 18.1 Å². The lowest BCUT2D eigenvalue weighted by Gasteiger charge is -2.07. The van der Waals surface area contributed by atoms with Crippen LogP contribution in [0.1, 0.15) is 16.7 Å². The number of aryl methyl sites for hydroxylation is 1. The average molecular weight is 415 g/mol. The van der Waals surface area contributed by atoms with Gasteiger partial charge in [0.2, 0.25) is 0 Å². The molecule has 1 amide bonds. The van der Waals surface area contributed by atoms with Crippen molar-refractivity contribution in [3.63, 3.8) is 0 Å². The Kier molecular flexibility index (Phi) is 7.28. The van der Waals surface area contributed by atoms with Gasteiger partial charge >= 0.3 is 23.4 Å². The maximum absolute atomic E-state index is 12.0. The summed E-state index contributed by atoms with van der Waals surface area (Å²) in [4.78, 5) is 48.2. The van der Waals surface area contributed by atoms with E-state index in [4.69, 9.17) is 4.74 Å². The van der Waals surface area contributed by atoms with Crippen LogP contribution < -0.4 is 0 Å². The van der Waals surface area contributed by atoms with Crippen molar-refractivity contribution in [2.45, 2.75) is 20.0 Å². The molecule has 0 aliphatic heterocycles. The lowest BCUT2D eigenvalue weighted by Crippen LogP contribution is -2.21.